The van der Waals surface area contributed by atoms with Crippen LogP contribution in [-0.2, 0) is 6.42 Å². The number of hydrogen-bond donors (Lipinski definition) is 1. The number of aliphatic hydroxyl groups is 1. The molecule has 5 nitrogen and oxygen atoms in total. The van der Waals surface area contributed by atoms with E-state index < -0.39 is 6.10 Å². The lowest BCUT2D eigenvalue weighted by molar-refractivity contribution is 0.172. The number of aliphatic hydroxyl groups excluding tert-OH is 1. The van der Waals surface area contributed by atoms with Crippen molar-refractivity contribution in [2.75, 3.05) is 6.61 Å². The van der Waals surface area contributed by atoms with E-state index >= 15 is 0 Å². The minimum Gasteiger partial charge on any atom is -0.494 e. The summed E-state index contributed by atoms with van der Waals surface area (Å²) in [5.41, 5.74) is 0.835. The maximum absolute atomic E-state index is 10.4. The molecule has 1 aromatic carbocycles. The molecule has 0 aliphatic rings. The van der Waals surface area contributed by atoms with Crippen molar-refractivity contribution in [1.82, 2.24) is 14.8 Å². The summed E-state index contributed by atoms with van der Waals surface area (Å²) in [7, 11) is 0. The average molecular weight is 289 g/mol. The zero-order chi connectivity index (χ0) is 15.2. The van der Waals surface area contributed by atoms with E-state index in [1.165, 1.54) is 6.33 Å². The van der Waals surface area contributed by atoms with E-state index in [9.17, 15) is 5.11 Å². The van der Waals surface area contributed by atoms with Crippen LogP contribution in [0.5, 0.6) is 5.75 Å². The molecule has 0 saturated carbocycles. The van der Waals surface area contributed by atoms with Gasteiger partial charge >= 0.3 is 0 Å². The first-order valence-electron chi connectivity index (χ1n) is 7.41. The Bertz CT molecular complexity index is 566. The minimum absolute atomic E-state index is 0.230. The van der Waals surface area contributed by atoms with Gasteiger partial charge in [-0.05, 0) is 38.0 Å². The fourth-order valence-corrected chi connectivity index (χ4v) is 2.17. The molecule has 0 aliphatic carbocycles. The van der Waals surface area contributed by atoms with Gasteiger partial charge in [-0.3, -0.25) is 0 Å². The van der Waals surface area contributed by atoms with Crippen LogP contribution in [0, 0.1) is 0 Å². The molecular formula is C16H23N3O2. The lowest BCUT2D eigenvalue weighted by Crippen LogP contribution is -2.12. The van der Waals surface area contributed by atoms with Gasteiger partial charge in [-0.2, -0.15) is 5.10 Å². The first-order chi connectivity index (χ1) is 10.1. The van der Waals surface area contributed by atoms with Gasteiger partial charge in [-0.15, -0.1) is 0 Å². The Morgan fingerprint density at radius 1 is 1.33 bits per heavy atom. The maximum atomic E-state index is 10.4. The van der Waals surface area contributed by atoms with Crippen LogP contribution in [0.1, 0.15) is 50.7 Å². The standard InChI is InChI=1S/C16H23N3O2/c1-4-8-21-14-7-5-6-13(9-14)15(20)10-16-17-11-18-19(16)12(2)3/h5-7,9,11-12,15,20H,4,8,10H2,1-3H3. The number of ether oxygens (including phenoxy) is 1. The SMILES string of the molecule is CCCOc1cccc(C(O)Cc2ncnn2C(C)C)c1. The highest BCUT2D eigenvalue weighted by Gasteiger charge is 2.15. The van der Waals surface area contributed by atoms with Crippen molar-refractivity contribution < 1.29 is 9.84 Å². The molecular weight excluding hydrogens is 266 g/mol. The first kappa shape index (κ1) is 15.5. The van der Waals surface area contributed by atoms with Crippen LogP contribution in [-0.4, -0.2) is 26.5 Å². The van der Waals surface area contributed by atoms with Crippen LogP contribution in [0.4, 0.5) is 0 Å². The Kier molecular flexibility index (Phi) is 5.33. The molecule has 21 heavy (non-hydrogen) atoms. The second kappa shape index (κ2) is 7.22. The molecule has 1 aromatic heterocycles. The first-order valence-corrected chi connectivity index (χ1v) is 7.41. The fraction of sp³-hybridized carbons (Fsp3) is 0.500. The highest BCUT2D eigenvalue weighted by atomic mass is 16.5. The maximum Gasteiger partial charge on any atom is 0.138 e. The Balaban J connectivity index is 2.09. The summed E-state index contributed by atoms with van der Waals surface area (Å²) in [6, 6.07) is 7.82. The van der Waals surface area contributed by atoms with Crippen LogP contribution >= 0.6 is 0 Å². The van der Waals surface area contributed by atoms with Gasteiger partial charge in [0.15, 0.2) is 0 Å². The molecule has 1 unspecified atom stereocenters. The predicted octanol–water partition coefficient (Wildman–Crippen LogP) is 2.92. The van der Waals surface area contributed by atoms with Crippen molar-refractivity contribution in [3.63, 3.8) is 0 Å². The van der Waals surface area contributed by atoms with E-state index in [1.54, 1.807) is 0 Å². The molecule has 0 radical (unpaired) electrons. The summed E-state index contributed by atoms with van der Waals surface area (Å²) in [6.45, 7) is 6.84. The van der Waals surface area contributed by atoms with Crippen molar-refractivity contribution in [3.05, 3.63) is 42.0 Å². The molecule has 1 N–H and O–H groups in total. The van der Waals surface area contributed by atoms with Crippen molar-refractivity contribution >= 4 is 0 Å². The van der Waals surface area contributed by atoms with Crippen LogP contribution in [0.25, 0.3) is 0 Å². The Morgan fingerprint density at radius 3 is 2.86 bits per heavy atom. The van der Waals surface area contributed by atoms with E-state index in [0.717, 1.165) is 23.6 Å². The predicted molar refractivity (Wildman–Crippen MR) is 81.3 cm³/mol. The zero-order valence-electron chi connectivity index (χ0n) is 12.9. The molecule has 0 aliphatic heterocycles. The largest absolute Gasteiger partial charge is 0.494 e. The molecule has 2 aromatic rings. The van der Waals surface area contributed by atoms with Crippen LogP contribution in [0.15, 0.2) is 30.6 Å². The summed E-state index contributed by atoms with van der Waals surface area (Å²) in [6.07, 6.45) is 2.32. The number of hydrogen-bond acceptors (Lipinski definition) is 4. The van der Waals surface area contributed by atoms with Gasteiger partial charge in [-0.1, -0.05) is 19.1 Å². The highest BCUT2D eigenvalue weighted by Crippen LogP contribution is 2.22. The van der Waals surface area contributed by atoms with E-state index in [4.69, 9.17) is 4.74 Å². The molecule has 5 heteroatoms. The number of nitrogens with zero attached hydrogens (tertiary/aromatic N) is 3. The van der Waals surface area contributed by atoms with E-state index in [0.29, 0.717) is 13.0 Å². The van der Waals surface area contributed by atoms with Crippen molar-refractivity contribution in [2.45, 2.75) is 45.8 Å². The third kappa shape index (κ3) is 4.04. The molecule has 0 saturated heterocycles. The molecule has 1 atom stereocenters. The van der Waals surface area contributed by atoms with Gasteiger partial charge in [0.2, 0.25) is 0 Å². The average Bonchev–Trinajstić information content (AvgIpc) is 2.93. The highest BCUT2D eigenvalue weighted by molar-refractivity contribution is 5.30. The van der Waals surface area contributed by atoms with Gasteiger partial charge in [-0.25, -0.2) is 9.67 Å². The van der Waals surface area contributed by atoms with Gasteiger partial charge in [0.25, 0.3) is 0 Å². The van der Waals surface area contributed by atoms with E-state index in [-0.39, 0.29) is 6.04 Å². The third-order valence-electron chi connectivity index (χ3n) is 3.23. The van der Waals surface area contributed by atoms with Crippen molar-refractivity contribution in [3.8, 4) is 5.75 Å². The van der Waals surface area contributed by atoms with Gasteiger partial charge in [0.1, 0.15) is 17.9 Å². The molecule has 114 valence electrons. The van der Waals surface area contributed by atoms with Crippen LogP contribution < -0.4 is 4.74 Å². The fourth-order valence-electron chi connectivity index (χ4n) is 2.17. The lowest BCUT2D eigenvalue weighted by Gasteiger charge is -2.14. The molecule has 0 amide bonds. The number of benzene rings is 1. The van der Waals surface area contributed by atoms with Crippen LogP contribution in [0.2, 0.25) is 0 Å². The molecule has 1 heterocycles. The number of aromatic nitrogens is 3. The summed E-state index contributed by atoms with van der Waals surface area (Å²) in [5.74, 6) is 1.58. The van der Waals surface area contributed by atoms with Gasteiger partial charge in [0, 0.05) is 12.5 Å². The Hall–Kier alpha value is -1.88. The second-order valence-corrected chi connectivity index (χ2v) is 5.36. The summed E-state index contributed by atoms with van der Waals surface area (Å²) in [5, 5.41) is 14.6. The van der Waals surface area contributed by atoms with Crippen molar-refractivity contribution in [1.29, 1.82) is 0 Å². The minimum atomic E-state index is -0.614. The monoisotopic (exact) mass is 289 g/mol. The van der Waals surface area contributed by atoms with E-state index in [2.05, 4.69) is 17.0 Å². The quantitative estimate of drug-likeness (QED) is 0.851. The molecule has 0 bridgehead atoms. The summed E-state index contributed by atoms with van der Waals surface area (Å²) >= 11 is 0. The molecule has 2 rings (SSSR count). The zero-order valence-corrected chi connectivity index (χ0v) is 12.9. The Morgan fingerprint density at radius 2 is 2.14 bits per heavy atom. The summed E-state index contributed by atoms with van der Waals surface area (Å²) < 4.78 is 7.43. The van der Waals surface area contributed by atoms with Gasteiger partial charge < -0.3 is 9.84 Å². The summed E-state index contributed by atoms with van der Waals surface area (Å²) in [4.78, 5) is 4.24. The Labute approximate surface area is 125 Å². The topological polar surface area (TPSA) is 60.2 Å². The smallest absolute Gasteiger partial charge is 0.138 e. The number of rotatable bonds is 7. The van der Waals surface area contributed by atoms with E-state index in [1.807, 2.05) is 42.8 Å². The molecule has 0 spiro atoms. The molecule has 0 fully saturated rings. The third-order valence-corrected chi connectivity index (χ3v) is 3.23. The normalized spacial score (nSPS) is 12.6. The van der Waals surface area contributed by atoms with Crippen LogP contribution in [0.3, 0.4) is 0 Å². The van der Waals surface area contributed by atoms with Crippen molar-refractivity contribution in [2.24, 2.45) is 0 Å². The van der Waals surface area contributed by atoms with Gasteiger partial charge in [0.05, 0.1) is 12.7 Å². The second-order valence-electron chi connectivity index (χ2n) is 5.36. The lowest BCUT2D eigenvalue weighted by atomic mass is 10.1.